The minimum absolute atomic E-state index is 0.608. The molecule has 1 aliphatic heterocycles. The van der Waals surface area contributed by atoms with Gasteiger partial charge in [-0.25, -0.2) is 0 Å². The summed E-state index contributed by atoms with van der Waals surface area (Å²) in [6.07, 6.45) is 0. The summed E-state index contributed by atoms with van der Waals surface area (Å²) in [5, 5.41) is 0.608. The van der Waals surface area contributed by atoms with E-state index in [4.69, 9.17) is 21.1 Å². The third kappa shape index (κ3) is 2.96. The van der Waals surface area contributed by atoms with Crippen molar-refractivity contribution < 1.29 is 9.47 Å². The zero-order valence-corrected chi connectivity index (χ0v) is 15.6. The van der Waals surface area contributed by atoms with Gasteiger partial charge in [0.2, 0.25) is 0 Å². The number of anilines is 3. The highest BCUT2D eigenvalue weighted by atomic mass is 35.5. The van der Waals surface area contributed by atoms with Gasteiger partial charge < -0.3 is 14.4 Å². The molecule has 4 aromatic rings. The normalized spacial score (nSPS) is 11.6. The van der Waals surface area contributed by atoms with E-state index in [2.05, 4.69) is 29.2 Å². The minimum Gasteiger partial charge on any atom is -0.449 e. The molecule has 28 heavy (non-hydrogen) atoms. The van der Waals surface area contributed by atoms with Gasteiger partial charge in [0, 0.05) is 22.5 Å². The molecule has 0 saturated carbocycles. The molecule has 0 bridgehead atoms. The quantitative estimate of drug-likeness (QED) is 0.317. The van der Waals surface area contributed by atoms with Gasteiger partial charge in [-0.2, -0.15) is 0 Å². The Morgan fingerprint density at radius 3 is 1.93 bits per heavy atom. The second-order valence-corrected chi connectivity index (χ2v) is 6.84. The van der Waals surface area contributed by atoms with Crippen molar-refractivity contribution in [2.24, 2.45) is 0 Å². The van der Waals surface area contributed by atoms with Crippen LogP contribution in [0.4, 0.5) is 17.1 Å². The van der Waals surface area contributed by atoms with E-state index in [-0.39, 0.29) is 0 Å². The van der Waals surface area contributed by atoms with E-state index in [1.807, 2.05) is 60.7 Å². The van der Waals surface area contributed by atoms with Gasteiger partial charge in [-0.3, -0.25) is 0 Å². The largest absolute Gasteiger partial charge is 0.449 e. The molecule has 0 atom stereocenters. The molecule has 0 aromatic heterocycles. The number of hydrogen-bond donors (Lipinski definition) is 0. The molecule has 5 rings (SSSR count). The first-order chi connectivity index (χ1) is 13.8. The van der Waals surface area contributed by atoms with Crippen LogP contribution in [0, 0.1) is 0 Å². The molecular weight excluding hydrogens is 370 g/mol. The molecule has 0 saturated heterocycles. The van der Waals surface area contributed by atoms with Crippen LogP contribution in [0.5, 0.6) is 23.0 Å². The van der Waals surface area contributed by atoms with Crippen LogP contribution in [-0.2, 0) is 0 Å². The van der Waals surface area contributed by atoms with Gasteiger partial charge in [-0.05, 0) is 48.5 Å². The van der Waals surface area contributed by atoms with Gasteiger partial charge in [0.05, 0.1) is 5.69 Å². The summed E-state index contributed by atoms with van der Waals surface area (Å²) in [5.41, 5.74) is 2.97. The van der Waals surface area contributed by atoms with E-state index in [9.17, 15) is 0 Å². The Kier molecular flexibility index (Phi) is 4.15. The lowest BCUT2D eigenvalue weighted by atomic mass is 10.1. The number of ether oxygens (including phenoxy) is 2. The molecule has 0 aliphatic carbocycles. The highest BCUT2D eigenvalue weighted by Crippen LogP contribution is 2.52. The average molecular weight is 386 g/mol. The van der Waals surface area contributed by atoms with Crippen molar-refractivity contribution in [3.05, 3.63) is 102 Å². The first-order valence-corrected chi connectivity index (χ1v) is 9.36. The third-order valence-electron chi connectivity index (χ3n) is 4.57. The molecule has 4 aromatic carbocycles. The van der Waals surface area contributed by atoms with Crippen molar-refractivity contribution in [3.63, 3.8) is 0 Å². The summed E-state index contributed by atoms with van der Waals surface area (Å²) in [4.78, 5) is 2.16. The van der Waals surface area contributed by atoms with Crippen LogP contribution in [0.15, 0.2) is 97.1 Å². The Labute approximate surface area is 168 Å². The summed E-state index contributed by atoms with van der Waals surface area (Å²) in [6.45, 7) is 0. The summed E-state index contributed by atoms with van der Waals surface area (Å²) < 4.78 is 12.3. The second kappa shape index (κ2) is 6.95. The van der Waals surface area contributed by atoms with Crippen LogP contribution in [0.3, 0.4) is 0 Å². The average Bonchev–Trinajstić information content (AvgIpc) is 2.74. The van der Waals surface area contributed by atoms with E-state index in [0.717, 1.165) is 17.1 Å². The Hall–Kier alpha value is -3.43. The van der Waals surface area contributed by atoms with Crippen molar-refractivity contribution in [1.29, 1.82) is 0 Å². The number of benzene rings is 4. The van der Waals surface area contributed by atoms with Crippen LogP contribution in [0.25, 0.3) is 0 Å². The Morgan fingerprint density at radius 1 is 0.571 bits per heavy atom. The maximum Gasteiger partial charge on any atom is 0.194 e. The number of fused-ring (bicyclic) bond motifs is 2. The first kappa shape index (κ1) is 16.7. The lowest BCUT2D eigenvalue weighted by Gasteiger charge is -2.30. The van der Waals surface area contributed by atoms with Crippen LogP contribution in [0.1, 0.15) is 0 Å². The van der Waals surface area contributed by atoms with Crippen LogP contribution >= 0.6 is 11.6 Å². The zero-order chi connectivity index (χ0) is 18.9. The lowest BCUT2D eigenvalue weighted by molar-refractivity contribution is 0.360. The third-order valence-corrected chi connectivity index (χ3v) is 4.80. The Morgan fingerprint density at radius 2 is 1.25 bits per heavy atom. The van der Waals surface area contributed by atoms with Crippen molar-refractivity contribution >= 4 is 28.7 Å². The molecule has 0 radical (unpaired) electrons. The predicted octanol–water partition coefficient (Wildman–Crippen LogP) is 7.71. The van der Waals surface area contributed by atoms with Gasteiger partial charge in [0.1, 0.15) is 0 Å². The fraction of sp³-hybridized carbons (Fsp3) is 0. The van der Waals surface area contributed by atoms with Crippen molar-refractivity contribution in [2.75, 3.05) is 4.90 Å². The highest BCUT2D eigenvalue weighted by molar-refractivity contribution is 6.30. The molecule has 0 fully saturated rings. The number of nitrogens with zero attached hydrogens (tertiary/aromatic N) is 1. The summed E-state index contributed by atoms with van der Waals surface area (Å²) in [7, 11) is 0. The lowest BCUT2D eigenvalue weighted by Crippen LogP contribution is -2.12. The SMILES string of the molecule is Clc1ccc2c(c1)Oc1cccc(N(c3ccccc3)c3ccccc3)c1O2. The molecule has 136 valence electrons. The Balaban J connectivity index is 1.67. The maximum atomic E-state index is 6.26. The number of rotatable bonds is 3. The van der Waals surface area contributed by atoms with Gasteiger partial charge in [0.25, 0.3) is 0 Å². The van der Waals surface area contributed by atoms with E-state index in [1.54, 1.807) is 12.1 Å². The molecular formula is C24H16ClNO2. The van der Waals surface area contributed by atoms with Crippen molar-refractivity contribution in [1.82, 2.24) is 0 Å². The number of hydrogen-bond acceptors (Lipinski definition) is 3. The first-order valence-electron chi connectivity index (χ1n) is 8.98. The standard InChI is InChI=1S/C24H16ClNO2/c25-17-14-15-21-23(16-17)27-22-13-7-12-20(24(22)28-21)26(18-8-3-1-4-9-18)19-10-5-2-6-11-19/h1-16H. The van der Waals surface area contributed by atoms with E-state index in [1.165, 1.54) is 0 Å². The monoisotopic (exact) mass is 385 g/mol. The van der Waals surface area contributed by atoms with Gasteiger partial charge in [-0.1, -0.05) is 54.1 Å². The second-order valence-electron chi connectivity index (χ2n) is 6.41. The molecule has 4 heteroatoms. The fourth-order valence-electron chi connectivity index (χ4n) is 3.32. The molecule has 1 heterocycles. The molecule has 3 nitrogen and oxygen atoms in total. The fourth-order valence-corrected chi connectivity index (χ4v) is 3.48. The maximum absolute atomic E-state index is 6.26. The topological polar surface area (TPSA) is 21.7 Å². The number of para-hydroxylation sites is 3. The smallest absolute Gasteiger partial charge is 0.194 e. The van der Waals surface area contributed by atoms with Crippen LogP contribution in [-0.4, -0.2) is 0 Å². The van der Waals surface area contributed by atoms with E-state index >= 15 is 0 Å². The summed E-state index contributed by atoms with van der Waals surface area (Å²) >= 11 is 6.10. The Bertz CT molecular complexity index is 1090. The molecule has 0 unspecified atom stereocenters. The van der Waals surface area contributed by atoms with Crippen molar-refractivity contribution in [3.8, 4) is 23.0 Å². The zero-order valence-electron chi connectivity index (χ0n) is 14.9. The van der Waals surface area contributed by atoms with Crippen LogP contribution < -0.4 is 14.4 Å². The molecule has 0 N–H and O–H groups in total. The summed E-state index contributed by atoms with van der Waals surface area (Å²) in [6, 6.07) is 31.7. The van der Waals surface area contributed by atoms with Gasteiger partial charge in [-0.15, -0.1) is 0 Å². The minimum atomic E-state index is 0.608. The van der Waals surface area contributed by atoms with Gasteiger partial charge >= 0.3 is 0 Å². The van der Waals surface area contributed by atoms with E-state index in [0.29, 0.717) is 28.0 Å². The molecule has 0 spiro atoms. The highest BCUT2D eigenvalue weighted by Gasteiger charge is 2.25. The number of halogens is 1. The van der Waals surface area contributed by atoms with Crippen LogP contribution in [0.2, 0.25) is 5.02 Å². The van der Waals surface area contributed by atoms with Gasteiger partial charge in [0.15, 0.2) is 23.0 Å². The molecule has 1 aliphatic rings. The summed E-state index contributed by atoms with van der Waals surface area (Å²) in [5.74, 6) is 2.59. The molecule has 0 amide bonds. The van der Waals surface area contributed by atoms with Crippen molar-refractivity contribution in [2.45, 2.75) is 0 Å². The van der Waals surface area contributed by atoms with E-state index < -0.39 is 0 Å². The predicted molar refractivity (Wildman–Crippen MR) is 113 cm³/mol.